The average Bonchev–Trinajstić information content (AvgIpc) is 2.77. The molecule has 0 bridgehead atoms. The molecule has 22 heavy (non-hydrogen) atoms. The number of carbonyl (C=O) groups is 1. The number of ether oxygens (including phenoxy) is 1. The van der Waals surface area contributed by atoms with E-state index in [9.17, 15) is 4.79 Å². The van der Waals surface area contributed by atoms with Crippen molar-refractivity contribution in [2.45, 2.75) is 51.1 Å². The number of nitrogens with two attached hydrogens (primary N) is 1. The summed E-state index contributed by atoms with van der Waals surface area (Å²) in [6.45, 7) is 8.46. The number of hydrogen-bond acceptors (Lipinski definition) is 4. The number of halogens is 2. The number of carbonyl (C=O) groups excluding carboxylic acids is 1. The predicted molar refractivity (Wildman–Crippen MR) is 93.9 cm³/mol. The Labute approximate surface area is 146 Å². The first-order valence-electron chi connectivity index (χ1n) is 7.84. The molecule has 1 saturated carbocycles. The zero-order valence-corrected chi connectivity index (χ0v) is 15.3. The maximum atomic E-state index is 11.9. The summed E-state index contributed by atoms with van der Waals surface area (Å²) in [5.74, 6) is 0.535. The minimum Gasteiger partial charge on any atom is -0.378 e. The lowest BCUT2D eigenvalue weighted by molar-refractivity contribution is -0.122. The fourth-order valence-corrected chi connectivity index (χ4v) is 3.26. The Morgan fingerprint density at radius 1 is 1.36 bits per heavy atom. The van der Waals surface area contributed by atoms with Crippen LogP contribution in [0.4, 0.5) is 0 Å². The van der Waals surface area contributed by atoms with Gasteiger partial charge in [-0.2, -0.15) is 0 Å². The first-order chi connectivity index (χ1) is 9.49. The van der Waals surface area contributed by atoms with Crippen molar-refractivity contribution in [3.05, 3.63) is 0 Å². The molecule has 1 aliphatic heterocycles. The van der Waals surface area contributed by atoms with Crippen molar-refractivity contribution in [3.63, 3.8) is 0 Å². The van der Waals surface area contributed by atoms with Crippen molar-refractivity contribution in [2.75, 3.05) is 32.8 Å². The lowest BCUT2D eigenvalue weighted by Gasteiger charge is -2.42. The Bertz CT molecular complexity index is 343. The molecule has 7 heteroatoms. The van der Waals surface area contributed by atoms with E-state index in [4.69, 9.17) is 10.5 Å². The Kier molecular flexibility index (Phi) is 9.90. The van der Waals surface area contributed by atoms with Gasteiger partial charge in [0.25, 0.3) is 0 Å². The van der Waals surface area contributed by atoms with Gasteiger partial charge in [-0.05, 0) is 32.6 Å². The second kappa shape index (κ2) is 9.93. The number of rotatable bonds is 5. The molecule has 1 saturated heterocycles. The number of nitrogens with zero attached hydrogens (tertiary/aromatic N) is 1. The summed E-state index contributed by atoms with van der Waals surface area (Å²) in [4.78, 5) is 14.3. The van der Waals surface area contributed by atoms with Gasteiger partial charge in [-0.1, -0.05) is 6.42 Å². The second-order valence-corrected chi connectivity index (χ2v) is 6.76. The van der Waals surface area contributed by atoms with Crippen molar-refractivity contribution < 1.29 is 9.53 Å². The highest BCUT2D eigenvalue weighted by Crippen LogP contribution is 2.26. The standard InChI is InChI=1S/C15H29N3O2.2ClH/c1-15(2)11-20-9-8-18(15)7-6-17-14(19)10-12-4-3-5-13(12)16;;/h12-13H,3-11,16H2,1-2H3,(H,17,19);2*1H/t12-,13+;;/m0../s1. The van der Waals surface area contributed by atoms with E-state index in [2.05, 4.69) is 24.1 Å². The van der Waals surface area contributed by atoms with E-state index < -0.39 is 0 Å². The van der Waals surface area contributed by atoms with Gasteiger partial charge in [-0.15, -0.1) is 24.8 Å². The van der Waals surface area contributed by atoms with Crippen molar-refractivity contribution in [1.82, 2.24) is 10.2 Å². The molecular formula is C15H31Cl2N3O2. The molecule has 2 aliphatic rings. The van der Waals surface area contributed by atoms with Gasteiger partial charge in [0, 0.05) is 37.6 Å². The average molecular weight is 356 g/mol. The van der Waals surface area contributed by atoms with E-state index in [0.717, 1.165) is 39.1 Å². The Balaban J connectivity index is 0.00000220. The highest BCUT2D eigenvalue weighted by molar-refractivity contribution is 5.85. The number of morpholine rings is 1. The van der Waals surface area contributed by atoms with E-state index in [1.807, 2.05) is 0 Å². The number of amides is 1. The smallest absolute Gasteiger partial charge is 0.220 e. The minimum absolute atomic E-state index is 0. The first-order valence-corrected chi connectivity index (χ1v) is 7.84. The monoisotopic (exact) mass is 355 g/mol. The van der Waals surface area contributed by atoms with E-state index in [-0.39, 0.29) is 42.3 Å². The van der Waals surface area contributed by atoms with Crippen LogP contribution in [0.1, 0.15) is 39.5 Å². The third-order valence-electron chi connectivity index (χ3n) is 4.69. The topological polar surface area (TPSA) is 67.6 Å². The van der Waals surface area contributed by atoms with Gasteiger partial charge in [0.05, 0.1) is 13.2 Å². The first kappa shape index (κ1) is 21.9. The summed E-state index contributed by atoms with van der Waals surface area (Å²) in [6.07, 6.45) is 3.93. The molecule has 0 aromatic heterocycles. The third kappa shape index (κ3) is 6.20. The van der Waals surface area contributed by atoms with Gasteiger partial charge in [-0.3, -0.25) is 9.69 Å². The summed E-state index contributed by atoms with van der Waals surface area (Å²) in [7, 11) is 0. The molecule has 2 atom stereocenters. The van der Waals surface area contributed by atoms with Crippen LogP contribution in [0.2, 0.25) is 0 Å². The Morgan fingerprint density at radius 3 is 2.68 bits per heavy atom. The van der Waals surface area contributed by atoms with Crippen LogP contribution >= 0.6 is 24.8 Å². The molecule has 2 rings (SSSR count). The van der Waals surface area contributed by atoms with Crippen LogP contribution in [0.15, 0.2) is 0 Å². The van der Waals surface area contributed by atoms with Crippen LogP contribution < -0.4 is 11.1 Å². The molecule has 5 nitrogen and oxygen atoms in total. The van der Waals surface area contributed by atoms with Gasteiger partial charge in [0.15, 0.2) is 0 Å². The summed E-state index contributed by atoms with van der Waals surface area (Å²) < 4.78 is 5.50. The van der Waals surface area contributed by atoms with E-state index in [1.165, 1.54) is 6.42 Å². The Hall–Kier alpha value is -0.0700. The van der Waals surface area contributed by atoms with Gasteiger partial charge in [0.1, 0.15) is 0 Å². The van der Waals surface area contributed by atoms with Crippen LogP contribution in [-0.2, 0) is 9.53 Å². The third-order valence-corrected chi connectivity index (χ3v) is 4.69. The summed E-state index contributed by atoms with van der Waals surface area (Å²) in [5.41, 5.74) is 6.07. The van der Waals surface area contributed by atoms with Crippen LogP contribution in [0.3, 0.4) is 0 Å². The summed E-state index contributed by atoms with van der Waals surface area (Å²) >= 11 is 0. The van der Waals surface area contributed by atoms with Crippen LogP contribution in [0.5, 0.6) is 0 Å². The molecular weight excluding hydrogens is 325 g/mol. The van der Waals surface area contributed by atoms with E-state index in [1.54, 1.807) is 0 Å². The van der Waals surface area contributed by atoms with Gasteiger partial charge in [-0.25, -0.2) is 0 Å². The molecule has 0 unspecified atom stereocenters. The summed E-state index contributed by atoms with van der Waals surface area (Å²) in [5, 5.41) is 3.04. The maximum Gasteiger partial charge on any atom is 0.220 e. The van der Waals surface area contributed by atoms with Gasteiger partial charge >= 0.3 is 0 Å². The molecule has 1 amide bonds. The molecule has 132 valence electrons. The largest absolute Gasteiger partial charge is 0.378 e. The zero-order chi connectivity index (χ0) is 14.6. The Morgan fingerprint density at radius 2 is 2.09 bits per heavy atom. The maximum absolute atomic E-state index is 11.9. The van der Waals surface area contributed by atoms with Crippen LogP contribution in [0, 0.1) is 5.92 Å². The normalized spacial score (nSPS) is 27.6. The lowest BCUT2D eigenvalue weighted by Crippen LogP contribution is -2.54. The van der Waals surface area contributed by atoms with Crippen molar-refractivity contribution in [1.29, 1.82) is 0 Å². The molecule has 0 aromatic rings. The van der Waals surface area contributed by atoms with Crippen LogP contribution in [0.25, 0.3) is 0 Å². The molecule has 0 aromatic carbocycles. The fraction of sp³-hybridized carbons (Fsp3) is 0.933. The number of nitrogens with one attached hydrogen (secondary N) is 1. The molecule has 1 aliphatic carbocycles. The highest BCUT2D eigenvalue weighted by atomic mass is 35.5. The highest BCUT2D eigenvalue weighted by Gasteiger charge is 2.30. The molecule has 0 spiro atoms. The molecule has 1 heterocycles. The second-order valence-electron chi connectivity index (χ2n) is 6.76. The molecule has 2 fully saturated rings. The predicted octanol–water partition coefficient (Wildman–Crippen LogP) is 1.57. The zero-order valence-electron chi connectivity index (χ0n) is 13.7. The van der Waals surface area contributed by atoms with E-state index >= 15 is 0 Å². The number of hydrogen-bond donors (Lipinski definition) is 2. The SMILES string of the molecule is CC1(C)COCCN1CCNC(=O)C[C@@H]1CCC[C@H]1N.Cl.Cl. The lowest BCUT2D eigenvalue weighted by atomic mass is 10.00. The summed E-state index contributed by atoms with van der Waals surface area (Å²) in [6, 6.07) is 0.221. The minimum atomic E-state index is 0. The van der Waals surface area contributed by atoms with Crippen molar-refractivity contribution in [3.8, 4) is 0 Å². The van der Waals surface area contributed by atoms with Crippen LogP contribution in [-0.4, -0.2) is 55.2 Å². The van der Waals surface area contributed by atoms with Gasteiger partial charge < -0.3 is 15.8 Å². The van der Waals surface area contributed by atoms with E-state index in [0.29, 0.717) is 18.9 Å². The van der Waals surface area contributed by atoms with Crippen molar-refractivity contribution >= 4 is 30.7 Å². The quantitative estimate of drug-likeness (QED) is 0.785. The molecule has 0 radical (unpaired) electrons. The molecule has 3 N–H and O–H groups in total. The van der Waals surface area contributed by atoms with Crippen molar-refractivity contribution in [2.24, 2.45) is 11.7 Å². The van der Waals surface area contributed by atoms with Gasteiger partial charge in [0.2, 0.25) is 5.91 Å². The fourth-order valence-electron chi connectivity index (χ4n) is 3.26.